The molecule has 29 heavy (non-hydrogen) atoms. The predicted molar refractivity (Wildman–Crippen MR) is 113 cm³/mol. The number of carbonyl (C=O) groups excluding carboxylic acids is 1. The molecule has 1 aliphatic heterocycles. The highest BCUT2D eigenvalue weighted by Gasteiger charge is 2.28. The lowest BCUT2D eigenvalue weighted by atomic mass is 10.1. The van der Waals surface area contributed by atoms with Gasteiger partial charge in [0.25, 0.3) is 11.6 Å². The van der Waals surface area contributed by atoms with E-state index in [0.717, 1.165) is 24.1 Å². The van der Waals surface area contributed by atoms with Crippen LogP contribution in [0.4, 0.5) is 11.4 Å². The minimum Gasteiger partial charge on any atom is -0.378 e. The number of nitro groups is 1. The lowest BCUT2D eigenvalue weighted by Gasteiger charge is -2.26. The van der Waals surface area contributed by atoms with Crippen molar-refractivity contribution in [2.24, 2.45) is 0 Å². The summed E-state index contributed by atoms with van der Waals surface area (Å²) in [5.41, 5.74) is 1.74. The second-order valence-electron chi connectivity index (χ2n) is 7.30. The number of benzene rings is 2. The number of amides is 1. The van der Waals surface area contributed by atoms with Gasteiger partial charge in [-0.15, -0.1) is 0 Å². The van der Waals surface area contributed by atoms with Gasteiger partial charge in [-0.1, -0.05) is 23.7 Å². The topological polar surface area (TPSA) is 75.9 Å². The number of halogens is 1. The van der Waals surface area contributed by atoms with Gasteiger partial charge in [0.05, 0.1) is 11.0 Å². The maximum atomic E-state index is 13.3. The summed E-state index contributed by atoms with van der Waals surface area (Å²) in [6.45, 7) is 1.39. The van der Waals surface area contributed by atoms with E-state index in [1.54, 1.807) is 4.90 Å². The Bertz CT molecular complexity index is 880. The van der Waals surface area contributed by atoms with E-state index in [1.807, 2.05) is 43.3 Å². The number of carbonyl (C=O) groups is 1. The highest BCUT2D eigenvalue weighted by Crippen LogP contribution is 2.26. The molecule has 0 radical (unpaired) electrons. The zero-order valence-electron chi connectivity index (χ0n) is 16.5. The first-order valence-corrected chi connectivity index (χ1v) is 9.84. The Morgan fingerprint density at radius 1 is 1.24 bits per heavy atom. The van der Waals surface area contributed by atoms with Gasteiger partial charge in [-0.3, -0.25) is 14.9 Å². The Kier molecular flexibility index (Phi) is 6.71. The molecule has 1 heterocycles. The summed E-state index contributed by atoms with van der Waals surface area (Å²) >= 11 is 5.90. The third-order valence-corrected chi connectivity index (χ3v) is 5.18. The van der Waals surface area contributed by atoms with E-state index in [2.05, 4.69) is 0 Å². The van der Waals surface area contributed by atoms with Crippen LogP contribution in [-0.4, -0.2) is 49.1 Å². The third-order valence-electron chi connectivity index (χ3n) is 4.95. The molecule has 3 rings (SSSR count). The fraction of sp³-hybridized carbons (Fsp3) is 0.381. The Morgan fingerprint density at radius 3 is 2.55 bits per heavy atom. The summed E-state index contributed by atoms with van der Waals surface area (Å²) in [7, 11) is 3.92. The van der Waals surface area contributed by atoms with Gasteiger partial charge in [0.15, 0.2) is 0 Å². The molecule has 1 saturated heterocycles. The molecule has 154 valence electrons. The van der Waals surface area contributed by atoms with Gasteiger partial charge in [-0.25, -0.2) is 0 Å². The number of nitro benzene ring substituents is 1. The standard InChI is InChI=1S/C21H24ClN3O4/c1-23(2)17-8-5-15(6-9-17)13-24(14-18-4-3-11-29-18)21(26)19-10-7-16(22)12-20(19)25(27)28/h5-10,12,18H,3-4,11,13-14H2,1-2H3. The van der Waals surface area contributed by atoms with Crippen LogP contribution in [-0.2, 0) is 11.3 Å². The van der Waals surface area contributed by atoms with Crippen LogP contribution in [0.1, 0.15) is 28.8 Å². The van der Waals surface area contributed by atoms with Crippen LogP contribution >= 0.6 is 11.6 Å². The molecular formula is C21H24ClN3O4. The fourth-order valence-electron chi connectivity index (χ4n) is 3.38. The van der Waals surface area contributed by atoms with Crippen molar-refractivity contribution in [2.45, 2.75) is 25.5 Å². The molecule has 0 spiro atoms. The molecule has 7 nitrogen and oxygen atoms in total. The first-order chi connectivity index (χ1) is 13.8. The van der Waals surface area contributed by atoms with Gasteiger partial charge in [0, 0.05) is 50.6 Å². The predicted octanol–water partition coefficient (Wildman–Crippen LogP) is 4.14. The molecule has 0 N–H and O–H groups in total. The van der Waals surface area contributed by atoms with Gasteiger partial charge < -0.3 is 14.5 Å². The van der Waals surface area contributed by atoms with Crippen LogP contribution in [0.5, 0.6) is 0 Å². The summed E-state index contributed by atoms with van der Waals surface area (Å²) in [6.07, 6.45) is 1.75. The van der Waals surface area contributed by atoms with Crippen molar-refractivity contribution < 1.29 is 14.5 Å². The molecule has 1 unspecified atom stereocenters. The van der Waals surface area contributed by atoms with E-state index in [1.165, 1.54) is 18.2 Å². The summed E-state index contributed by atoms with van der Waals surface area (Å²) in [5.74, 6) is -0.402. The normalized spacial score (nSPS) is 15.9. The largest absolute Gasteiger partial charge is 0.378 e. The maximum Gasteiger partial charge on any atom is 0.283 e. The van der Waals surface area contributed by atoms with E-state index in [0.29, 0.717) is 19.7 Å². The Balaban J connectivity index is 1.88. The van der Waals surface area contributed by atoms with Crippen LogP contribution in [0.3, 0.4) is 0 Å². The molecule has 1 atom stereocenters. The van der Waals surface area contributed by atoms with Crippen LogP contribution in [0.25, 0.3) is 0 Å². The van der Waals surface area contributed by atoms with Gasteiger partial charge in [-0.2, -0.15) is 0 Å². The van der Waals surface area contributed by atoms with Gasteiger partial charge in [0.1, 0.15) is 5.56 Å². The number of hydrogen-bond donors (Lipinski definition) is 0. The highest BCUT2D eigenvalue weighted by molar-refractivity contribution is 6.31. The zero-order valence-corrected chi connectivity index (χ0v) is 17.3. The zero-order chi connectivity index (χ0) is 21.0. The van der Waals surface area contributed by atoms with Crippen LogP contribution in [0.2, 0.25) is 5.02 Å². The van der Waals surface area contributed by atoms with E-state index in [9.17, 15) is 14.9 Å². The smallest absolute Gasteiger partial charge is 0.283 e. The minimum absolute atomic E-state index is 0.0299. The van der Waals surface area contributed by atoms with Gasteiger partial charge >= 0.3 is 0 Å². The monoisotopic (exact) mass is 417 g/mol. The fourth-order valence-corrected chi connectivity index (χ4v) is 3.55. The minimum atomic E-state index is -0.574. The van der Waals surface area contributed by atoms with E-state index >= 15 is 0 Å². The summed E-state index contributed by atoms with van der Waals surface area (Å²) in [6, 6.07) is 12.0. The van der Waals surface area contributed by atoms with Gasteiger partial charge in [0.2, 0.25) is 0 Å². The van der Waals surface area contributed by atoms with Crippen molar-refractivity contribution >= 4 is 28.9 Å². The number of hydrogen-bond acceptors (Lipinski definition) is 5. The number of rotatable bonds is 7. The lowest BCUT2D eigenvalue weighted by molar-refractivity contribution is -0.385. The first-order valence-electron chi connectivity index (χ1n) is 9.46. The number of anilines is 1. The molecule has 1 amide bonds. The van der Waals surface area contributed by atoms with E-state index < -0.39 is 10.8 Å². The first kappa shape index (κ1) is 21.1. The Labute approximate surface area is 175 Å². The second-order valence-corrected chi connectivity index (χ2v) is 7.74. The van der Waals surface area contributed by atoms with Crippen molar-refractivity contribution in [3.05, 3.63) is 68.7 Å². The van der Waals surface area contributed by atoms with Gasteiger partial charge in [-0.05, 0) is 42.7 Å². The molecule has 0 aromatic heterocycles. The van der Waals surface area contributed by atoms with Crippen molar-refractivity contribution in [3.8, 4) is 0 Å². The molecular weight excluding hydrogens is 394 g/mol. The SMILES string of the molecule is CN(C)c1ccc(CN(CC2CCCO2)C(=O)c2ccc(Cl)cc2[N+](=O)[O-])cc1. The number of nitrogens with zero attached hydrogens (tertiary/aromatic N) is 3. The Hall–Kier alpha value is -2.64. The summed E-state index contributed by atoms with van der Waals surface area (Å²) in [5, 5.41) is 11.7. The molecule has 2 aromatic carbocycles. The quantitative estimate of drug-likeness (QED) is 0.500. The maximum absolute atomic E-state index is 13.3. The summed E-state index contributed by atoms with van der Waals surface area (Å²) < 4.78 is 5.70. The molecule has 0 bridgehead atoms. The molecule has 0 aliphatic carbocycles. The Morgan fingerprint density at radius 2 is 1.97 bits per heavy atom. The molecule has 1 fully saturated rings. The van der Waals surface area contributed by atoms with E-state index in [-0.39, 0.29) is 22.4 Å². The van der Waals surface area contributed by atoms with Crippen LogP contribution in [0, 0.1) is 10.1 Å². The van der Waals surface area contributed by atoms with Crippen molar-refractivity contribution in [3.63, 3.8) is 0 Å². The average molecular weight is 418 g/mol. The van der Waals surface area contributed by atoms with Crippen LogP contribution in [0.15, 0.2) is 42.5 Å². The molecule has 0 saturated carbocycles. The highest BCUT2D eigenvalue weighted by atomic mass is 35.5. The molecule has 2 aromatic rings. The van der Waals surface area contributed by atoms with Crippen molar-refractivity contribution in [1.29, 1.82) is 0 Å². The van der Waals surface area contributed by atoms with Crippen LogP contribution < -0.4 is 4.90 Å². The average Bonchev–Trinajstić information content (AvgIpc) is 3.20. The summed E-state index contributed by atoms with van der Waals surface area (Å²) in [4.78, 5) is 27.8. The van der Waals surface area contributed by atoms with Crippen molar-refractivity contribution in [2.75, 3.05) is 32.1 Å². The number of ether oxygens (including phenoxy) is 1. The third kappa shape index (κ3) is 5.25. The van der Waals surface area contributed by atoms with Crippen molar-refractivity contribution in [1.82, 2.24) is 4.90 Å². The molecule has 8 heteroatoms. The lowest BCUT2D eigenvalue weighted by Crippen LogP contribution is -2.37. The molecule has 1 aliphatic rings. The van der Waals surface area contributed by atoms with E-state index in [4.69, 9.17) is 16.3 Å². The second kappa shape index (κ2) is 9.24.